The molecule has 2 rings (SSSR count). The highest BCUT2D eigenvalue weighted by Crippen LogP contribution is 2.26. The second kappa shape index (κ2) is 9.22. The van der Waals surface area contributed by atoms with Gasteiger partial charge in [0.05, 0.1) is 18.6 Å². The molecule has 0 aliphatic carbocycles. The van der Waals surface area contributed by atoms with Crippen LogP contribution in [-0.2, 0) is 19.6 Å². The van der Waals surface area contributed by atoms with E-state index in [9.17, 15) is 22.4 Å². The van der Waals surface area contributed by atoms with Crippen molar-refractivity contribution in [2.45, 2.75) is 26.3 Å². The Morgan fingerprint density at radius 1 is 1.14 bits per heavy atom. The summed E-state index contributed by atoms with van der Waals surface area (Å²) in [6.45, 7) is 4.75. The van der Waals surface area contributed by atoms with Gasteiger partial charge in [-0.1, -0.05) is 19.1 Å². The summed E-state index contributed by atoms with van der Waals surface area (Å²) in [5.41, 5.74) is -0.157. The predicted octanol–water partition coefficient (Wildman–Crippen LogP) is 1.67. The molecule has 8 nitrogen and oxygen atoms in total. The van der Waals surface area contributed by atoms with Crippen molar-refractivity contribution in [1.82, 2.24) is 9.80 Å². The number of hydrogen-bond acceptors (Lipinski definition) is 5. The van der Waals surface area contributed by atoms with Gasteiger partial charge < -0.3 is 14.5 Å². The molecule has 1 aromatic carbocycles. The number of sulfonamides is 1. The fourth-order valence-electron chi connectivity index (χ4n) is 3.18. The largest absolute Gasteiger partial charge is 0.450 e. The zero-order chi connectivity index (χ0) is 20.9. The first-order valence-electron chi connectivity index (χ1n) is 9.15. The van der Waals surface area contributed by atoms with Crippen LogP contribution >= 0.6 is 0 Å². The van der Waals surface area contributed by atoms with Gasteiger partial charge in [-0.3, -0.25) is 9.10 Å². The maximum atomic E-state index is 14.3. The first-order chi connectivity index (χ1) is 13.2. The van der Waals surface area contributed by atoms with E-state index in [-0.39, 0.29) is 31.8 Å². The molecular weight excluding hydrogens is 389 g/mol. The number of benzene rings is 1. The third kappa shape index (κ3) is 4.92. The normalized spacial score (nSPS) is 15.9. The molecule has 1 aliphatic rings. The molecule has 1 aliphatic heterocycles. The van der Waals surface area contributed by atoms with Crippen molar-refractivity contribution in [2.75, 3.05) is 43.3 Å². The van der Waals surface area contributed by atoms with Crippen LogP contribution in [0.5, 0.6) is 0 Å². The molecule has 156 valence electrons. The van der Waals surface area contributed by atoms with Crippen LogP contribution in [-0.4, -0.2) is 75.3 Å². The molecule has 28 heavy (non-hydrogen) atoms. The molecule has 10 heteroatoms. The number of rotatable bonds is 6. The Morgan fingerprint density at radius 3 is 2.21 bits per heavy atom. The third-order valence-electron chi connectivity index (χ3n) is 4.52. The number of hydrogen-bond donors (Lipinski definition) is 0. The molecule has 1 fully saturated rings. The van der Waals surface area contributed by atoms with Crippen LogP contribution in [0.25, 0.3) is 0 Å². The summed E-state index contributed by atoms with van der Waals surface area (Å²) in [5.74, 6) is -1.13. The molecule has 0 radical (unpaired) electrons. The van der Waals surface area contributed by atoms with Gasteiger partial charge in [-0.2, -0.15) is 0 Å². The summed E-state index contributed by atoms with van der Waals surface area (Å²) in [5, 5.41) is 0. The Bertz CT molecular complexity index is 809. The third-order valence-corrected chi connectivity index (χ3v) is 5.69. The highest BCUT2D eigenvalue weighted by molar-refractivity contribution is 7.92. The molecule has 1 saturated heterocycles. The predicted molar refractivity (Wildman–Crippen MR) is 103 cm³/mol. The van der Waals surface area contributed by atoms with Crippen molar-refractivity contribution in [3.63, 3.8) is 0 Å². The summed E-state index contributed by atoms with van der Waals surface area (Å²) in [6, 6.07) is 4.40. The molecule has 0 spiro atoms. The van der Waals surface area contributed by atoms with Gasteiger partial charge >= 0.3 is 6.09 Å². The lowest BCUT2D eigenvalue weighted by molar-refractivity contribution is -0.134. The van der Waals surface area contributed by atoms with Crippen LogP contribution < -0.4 is 4.31 Å². The van der Waals surface area contributed by atoms with Crippen molar-refractivity contribution in [1.29, 1.82) is 0 Å². The van der Waals surface area contributed by atoms with E-state index >= 15 is 0 Å². The second-order valence-electron chi connectivity index (χ2n) is 6.45. The topological polar surface area (TPSA) is 87.2 Å². The molecule has 0 aromatic heterocycles. The molecule has 1 atom stereocenters. The minimum Gasteiger partial charge on any atom is -0.450 e. The number of amides is 2. The van der Waals surface area contributed by atoms with Crippen LogP contribution in [0.1, 0.15) is 20.3 Å². The van der Waals surface area contributed by atoms with Crippen LogP contribution in [0.15, 0.2) is 24.3 Å². The smallest absolute Gasteiger partial charge is 0.409 e. The second-order valence-corrected chi connectivity index (χ2v) is 8.30. The summed E-state index contributed by atoms with van der Waals surface area (Å²) < 4.78 is 44.9. The number of piperazine rings is 1. The van der Waals surface area contributed by atoms with Crippen molar-refractivity contribution in [2.24, 2.45) is 0 Å². The Labute approximate surface area is 164 Å². The van der Waals surface area contributed by atoms with E-state index in [2.05, 4.69) is 0 Å². The summed E-state index contributed by atoms with van der Waals surface area (Å²) in [4.78, 5) is 27.9. The summed E-state index contributed by atoms with van der Waals surface area (Å²) >= 11 is 0. The Kier molecular flexibility index (Phi) is 7.22. The van der Waals surface area contributed by atoms with Gasteiger partial charge in [0.1, 0.15) is 11.9 Å². The molecule has 0 N–H and O–H groups in total. The van der Waals surface area contributed by atoms with Crippen LogP contribution in [0.2, 0.25) is 0 Å². The first-order valence-corrected chi connectivity index (χ1v) is 11.0. The number of nitrogens with zero attached hydrogens (tertiary/aromatic N) is 3. The lowest BCUT2D eigenvalue weighted by Crippen LogP contribution is -2.56. The van der Waals surface area contributed by atoms with Gasteiger partial charge in [0.15, 0.2) is 0 Å². The number of halogens is 1. The van der Waals surface area contributed by atoms with E-state index < -0.39 is 33.9 Å². The highest BCUT2D eigenvalue weighted by atomic mass is 32.2. The van der Waals surface area contributed by atoms with Gasteiger partial charge in [0.2, 0.25) is 15.9 Å². The van der Waals surface area contributed by atoms with Crippen LogP contribution in [0.4, 0.5) is 14.9 Å². The van der Waals surface area contributed by atoms with Gasteiger partial charge in [0.25, 0.3) is 0 Å². The molecular formula is C18H26FN3O5S. The Morgan fingerprint density at radius 2 is 1.71 bits per heavy atom. The molecule has 2 amide bonds. The van der Waals surface area contributed by atoms with E-state index in [4.69, 9.17) is 4.74 Å². The zero-order valence-electron chi connectivity index (χ0n) is 16.3. The monoisotopic (exact) mass is 415 g/mol. The maximum absolute atomic E-state index is 14.3. The zero-order valence-corrected chi connectivity index (χ0v) is 17.1. The number of para-hydroxylation sites is 1. The fourth-order valence-corrected chi connectivity index (χ4v) is 4.39. The van der Waals surface area contributed by atoms with E-state index in [0.29, 0.717) is 13.1 Å². The minimum absolute atomic E-state index is 0.157. The lowest BCUT2D eigenvalue weighted by Gasteiger charge is -2.38. The minimum atomic E-state index is -3.91. The highest BCUT2D eigenvalue weighted by Gasteiger charge is 2.36. The van der Waals surface area contributed by atoms with Crippen molar-refractivity contribution < 1.29 is 27.1 Å². The summed E-state index contributed by atoms with van der Waals surface area (Å²) in [6.07, 6.45) is 0.692. The average Bonchev–Trinajstić information content (AvgIpc) is 2.66. The Hall–Kier alpha value is -2.36. The number of anilines is 1. The summed E-state index contributed by atoms with van der Waals surface area (Å²) in [7, 11) is -3.91. The van der Waals surface area contributed by atoms with Gasteiger partial charge in [-0.15, -0.1) is 0 Å². The lowest BCUT2D eigenvalue weighted by atomic mass is 10.1. The molecule has 0 bridgehead atoms. The van der Waals surface area contributed by atoms with Crippen molar-refractivity contribution >= 4 is 27.7 Å². The number of carbonyl (C=O) groups excluding carboxylic acids is 2. The average molecular weight is 415 g/mol. The maximum Gasteiger partial charge on any atom is 0.409 e. The number of carbonyl (C=O) groups is 2. The van der Waals surface area contributed by atoms with Crippen LogP contribution in [0, 0.1) is 5.82 Å². The van der Waals surface area contributed by atoms with Gasteiger partial charge in [-0.25, -0.2) is 17.6 Å². The van der Waals surface area contributed by atoms with Crippen molar-refractivity contribution in [3.8, 4) is 0 Å². The van der Waals surface area contributed by atoms with Gasteiger partial charge in [-0.05, 0) is 25.5 Å². The number of ether oxygens (including phenoxy) is 1. The quantitative estimate of drug-likeness (QED) is 0.705. The molecule has 1 aromatic rings. The SMILES string of the molecule is CCOC(=O)N1CCN(C(=O)[C@H](CC)N(c2ccccc2F)S(C)(=O)=O)CC1. The van der Waals surface area contributed by atoms with E-state index in [1.54, 1.807) is 13.8 Å². The molecule has 0 unspecified atom stereocenters. The molecule has 1 heterocycles. The first kappa shape index (κ1) is 21.9. The van der Waals surface area contributed by atoms with Gasteiger partial charge in [0, 0.05) is 26.2 Å². The molecule has 0 saturated carbocycles. The van der Waals surface area contributed by atoms with E-state index in [1.807, 2.05) is 0 Å². The van der Waals surface area contributed by atoms with Crippen LogP contribution in [0.3, 0.4) is 0 Å². The van der Waals surface area contributed by atoms with E-state index in [1.165, 1.54) is 28.0 Å². The van der Waals surface area contributed by atoms with Crippen molar-refractivity contribution in [3.05, 3.63) is 30.1 Å². The Balaban J connectivity index is 2.22. The van der Waals surface area contributed by atoms with E-state index in [0.717, 1.165) is 16.6 Å². The standard InChI is InChI=1S/C18H26FN3O5S/c1-4-15(22(28(3,25)26)16-9-7-6-8-14(16)19)17(23)20-10-12-21(13-11-20)18(24)27-5-2/h6-9,15H,4-5,10-13H2,1-3H3/t15-/m0/s1. The fraction of sp³-hybridized carbons (Fsp3) is 0.556.